The quantitative estimate of drug-likeness (QED) is 0.553. The molecular formula is C14H9N3S. The number of aromatic amines is 1. The Morgan fingerprint density at radius 3 is 2.83 bits per heavy atom. The van der Waals surface area contributed by atoms with Gasteiger partial charge in [-0.15, -0.1) is 0 Å². The van der Waals surface area contributed by atoms with Crippen LogP contribution in [0.4, 0.5) is 5.69 Å². The van der Waals surface area contributed by atoms with Gasteiger partial charge in [0.05, 0.1) is 21.9 Å². The molecule has 0 spiro atoms. The zero-order valence-electron chi connectivity index (χ0n) is 9.42. The molecule has 0 unspecified atom stereocenters. The maximum atomic E-state index is 4.61. The predicted octanol–water partition coefficient (Wildman–Crippen LogP) is 3.96. The minimum Gasteiger partial charge on any atom is -0.338 e. The molecule has 0 amide bonds. The van der Waals surface area contributed by atoms with Gasteiger partial charge in [-0.3, -0.25) is 0 Å². The number of nitrogens with one attached hydrogen (secondary N) is 1. The van der Waals surface area contributed by atoms with E-state index in [9.17, 15) is 0 Å². The monoisotopic (exact) mass is 251 g/mol. The molecule has 1 aromatic heterocycles. The fourth-order valence-corrected chi connectivity index (χ4v) is 1.97. The second-order valence-corrected chi connectivity index (χ2v) is 4.04. The van der Waals surface area contributed by atoms with Gasteiger partial charge in [0, 0.05) is 5.56 Å². The summed E-state index contributed by atoms with van der Waals surface area (Å²) in [5.74, 6) is 0.831. The second-order valence-electron chi connectivity index (χ2n) is 3.86. The number of thiocarbonyl (C=S) groups is 1. The third-order valence-electron chi connectivity index (χ3n) is 2.68. The van der Waals surface area contributed by atoms with Crippen molar-refractivity contribution in [1.82, 2.24) is 9.97 Å². The highest BCUT2D eigenvalue weighted by Gasteiger charge is 2.04. The molecule has 3 nitrogen and oxygen atoms in total. The van der Waals surface area contributed by atoms with Gasteiger partial charge in [0.2, 0.25) is 0 Å². The number of H-pyrrole nitrogens is 1. The van der Waals surface area contributed by atoms with Gasteiger partial charge in [0.1, 0.15) is 5.82 Å². The maximum Gasteiger partial charge on any atom is 0.138 e. The Morgan fingerprint density at radius 2 is 2.00 bits per heavy atom. The fourth-order valence-electron chi connectivity index (χ4n) is 1.86. The Morgan fingerprint density at radius 1 is 1.11 bits per heavy atom. The molecular weight excluding hydrogens is 242 g/mol. The molecule has 1 N–H and O–H groups in total. The molecule has 0 aliphatic rings. The molecule has 0 atom stereocenters. The summed E-state index contributed by atoms with van der Waals surface area (Å²) in [7, 11) is 0. The van der Waals surface area contributed by atoms with Gasteiger partial charge in [-0.25, -0.2) is 4.98 Å². The molecule has 4 heteroatoms. The molecule has 0 bridgehead atoms. The zero-order chi connectivity index (χ0) is 12.4. The van der Waals surface area contributed by atoms with Gasteiger partial charge in [-0.2, -0.15) is 4.99 Å². The lowest BCUT2D eigenvalue weighted by molar-refractivity contribution is 1.33. The molecule has 0 aliphatic heterocycles. The summed E-state index contributed by atoms with van der Waals surface area (Å²) in [6.07, 6.45) is 0. The first-order valence-electron chi connectivity index (χ1n) is 5.50. The lowest BCUT2D eigenvalue weighted by atomic mass is 10.2. The number of aliphatic imine (C=N–C) groups is 1. The highest BCUT2D eigenvalue weighted by molar-refractivity contribution is 7.78. The van der Waals surface area contributed by atoms with Crippen LogP contribution in [0.1, 0.15) is 0 Å². The van der Waals surface area contributed by atoms with Crippen molar-refractivity contribution in [2.75, 3.05) is 0 Å². The number of benzene rings is 2. The second kappa shape index (κ2) is 4.53. The average Bonchev–Trinajstić information content (AvgIpc) is 2.83. The van der Waals surface area contributed by atoms with Crippen molar-refractivity contribution >= 4 is 34.1 Å². The fraction of sp³-hybridized carbons (Fsp3) is 0. The van der Waals surface area contributed by atoms with Gasteiger partial charge in [-0.05, 0) is 36.5 Å². The van der Waals surface area contributed by atoms with E-state index in [0.717, 1.165) is 28.1 Å². The minimum absolute atomic E-state index is 0.781. The number of imidazole rings is 1. The lowest BCUT2D eigenvalue weighted by Crippen LogP contribution is -1.79. The van der Waals surface area contributed by atoms with E-state index in [0.29, 0.717) is 0 Å². The van der Waals surface area contributed by atoms with E-state index in [1.54, 1.807) is 0 Å². The van der Waals surface area contributed by atoms with E-state index < -0.39 is 0 Å². The summed E-state index contributed by atoms with van der Waals surface area (Å²) in [6, 6.07) is 15.7. The van der Waals surface area contributed by atoms with Crippen molar-refractivity contribution in [3.05, 3.63) is 48.5 Å². The van der Waals surface area contributed by atoms with Crippen LogP contribution in [0.15, 0.2) is 53.5 Å². The summed E-state index contributed by atoms with van der Waals surface area (Å²) in [4.78, 5) is 11.8. The van der Waals surface area contributed by atoms with Crippen LogP contribution in [0.2, 0.25) is 0 Å². The van der Waals surface area contributed by atoms with Gasteiger partial charge >= 0.3 is 0 Å². The third-order valence-corrected chi connectivity index (χ3v) is 2.77. The first-order valence-corrected chi connectivity index (χ1v) is 5.91. The molecule has 0 aliphatic carbocycles. The van der Waals surface area contributed by atoms with Crippen LogP contribution in [-0.4, -0.2) is 15.1 Å². The van der Waals surface area contributed by atoms with E-state index in [1.165, 1.54) is 0 Å². The molecule has 0 radical (unpaired) electrons. The average molecular weight is 251 g/mol. The van der Waals surface area contributed by atoms with Crippen LogP contribution in [0.25, 0.3) is 22.4 Å². The standard InChI is InChI=1S/C14H9N3S/c18-9-15-11-5-3-4-10(8-11)14-16-12-6-1-2-7-13(12)17-14/h1-8H,(H,16,17). The highest BCUT2D eigenvalue weighted by Crippen LogP contribution is 2.23. The normalized spacial score (nSPS) is 10.2. The number of nitrogens with zero attached hydrogens (tertiary/aromatic N) is 2. The SMILES string of the molecule is S=C=Nc1cccc(-c2nc3ccccc3[nH]2)c1. The molecule has 0 saturated carbocycles. The predicted molar refractivity (Wildman–Crippen MR) is 76.2 cm³/mol. The minimum atomic E-state index is 0.781. The number of isothiocyanates is 1. The molecule has 3 rings (SSSR count). The molecule has 1 heterocycles. The Labute approximate surface area is 109 Å². The van der Waals surface area contributed by atoms with E-state index in [-0.39, 0.29) is 0 Å². The van der Waals surface area contributed by atoms with Gasteiger partial charge in [0.25, 0.3) is 0 Å². The molecule has 86 valence electrons. The van der Waals surface area contributed by atoms with E-state index in [1.807, 2.05) is 48.5 Å². The van der Waals surface area contributed by atoms with Gasteiger partial charge in [-0.1, -0.05) is 24.3 Å². The molecule has 18 heavy (non-hydrogen) atoms. The number of hydrogen-bond donors (Lipinski definition) is 1. The number of hydrogen-bond acceptors (Lipinski definition) is 3. The van der Waals surface area contributed by atoms with E-state index in [2.05, 4.69) is 32.3 Å². The van der Waals surface area contributed by atoms with E-state index in [4.69, 9.17) is 0 Å². The third kappa shape index (κ3) is 1.95. The van der Waals surface area contributed by atoms with Crippen molar-refractivity contribution in [3.8, 4) is 11.4 Å². The summed E-state index contributed by atoms with van der Waals surface area (Å²) < 4.78 is 0. The summed E-state index contributed by atoms with van der Waals surface area (Å²) in [6.45, 7) is 0. The smallest absolute Gasteiger partial charge is 0.138 e. The van der Waals surface area contributed by atoms with Gasteiger partial charge in [0.15, 0.2) is 0 Å². The molecule has 0 fully saturated rings. The van der Waals surface area contributed by atoms with Gasteiger partial charge < -0.3 is 4.98 Å². The number of para-hydroxylation sites is 2. The van der Waals surface area contributed by atoms with Crippen molar-refractivity contribution < 1.29 is 0 Å². The van der Waals surface area contributed by atoms with Crippen LogP contribution >= 0.6 is 12.2 Å². The van der Waals surface area contributed by atoms with Crippen LogP contribution in [0.5, 0.6) is 0 Å². The Kier molecular flexibility index (Phi) is 2.73. The summed E-state index contributed by atoms with van der Waals surface area (Å²) in [5, 5.41) is 2.37. The Balaban J connectivity index is 2.13. The van der Waals surface area contributed by atoms with Crippen molar-refractivity contribution in [3.63, 3.8) is 0 Å². The Hall–Kier alpha value is -2.29. The van der Waals surface area contributed by atoms with Crippen molar-refractivity contribution in [2.45, 2.75) is 0 Å². The first-order chi connectivity index (χ1) is 8.86. The maximum absolute atomic E-state index is 4.61. The van der Waals surface area contributed by atoms with Crippen LogP contribution in [0, 0.1) is 0 Å². The van der Waals surface area contributed by atoms with Crippen LogP contribution in [-0.2, 0) is 0 Å². The highest BCUT2D eigenvalue weighted by atomic mass is 32.1. The first kappa shape index (κ1) is 10.8. The number of fused-ring (bicyclic) bond motifs is 1. The largest absolute Gasteiger partial charge is 0.338 e. The molecule has 2 aromatic carbocycles. The van der Waals surface area contributed by atoms with Crippen molar-refractivity contribution in [1.29, 1.82) is 0 Å². The Bertz CT molecular complexity index is 721. The van der Waals surface area contributed by atoms with Crippen LogP contribution < -0.4 is 0 Å². The van der Waals surface area contributed by atoms with Crippen LogP contribution in [0.3, 0.4) is 0 Å². The molecule has 0 saturated heterocycles. The van der Waals surface area contributed by atoms with Crippen molar-refractivity contribution in [2.24, 2.45) is 4.99 Å². The topological polar surface area (TPSA) is 41.0 Å². The number of rotatable bonds is 2. The summed E-state index contributed by atoms with van der Waals surface area (Å²) in [5.41, 5.74) is 3.74. The lowest BCUT2D eigenvalue weighted by Gasteiger charge is -1.97. The van der Waals surface area contributed by atoms with E-state index >= 15 is 0 Å². The molecule has 3 aromatic rings. The number of aromatic nitrogens is 2. The zero-order valence-corrected chi connectivity index (χ0v) is 10.2. The summed E-state index contributed by atoms with van der Waals surface area (Å²) >= 11 is 4.61.